The van der Waals surface area contributed by atoms with Crippen molar-refractivity contribution in [3.05, 3.63) is 29.0 Å². The number of amides is 2. The van der Waals surface area contributed by atoms with Gasteiger partial charge in [0.1, 0.15) is 5.82 Å². The summed E-state index contributed by atoms with van der Waals surface area (Å²) in [7, 11) is 0. The molecule has 1 fully saturated rings. The molecule has 0 spiro atoms. The molecule has 2 atom stereocenters. The fraction of sp³-hybridized carbons (Fsp3) is 0.429. The topological polar surface area (TPSA) is 58.2 Å². The number of nitrogens with one attached hydrogen (secondary N) is 2. The van der Waals surface area contributed by atoms with E-state index in [0.717, 1.165) is 6.42 Å². The maximum absolute atomic E-state index is 13.4. The number of carbonyl (C=O) groups excluding carboxylic acids is 2. The van der Waals surface area contributed by atoms with E-state index in [1.165, 1.54) is 18.2 Å². The van der Waals surface area contributed by atoms with Crippen molar-refractivity contribution in [1.29, 1.82) is 0 Å². The van der Waals surface area contributed by atoms with E-state index in [9.17, 15) is 14.0 Å². The Morgan fingerprint density at radius 1 is 1.45 bits per heavy atom. The Labute approximate surface area is 121 Å². The second-order valence-corrected chi connectivity index (χ2v) is 5.47. The normalized spacial score (nSPS) is 20.4. The molecule has 6 heteroatoms. The first-order chi connectivity index (χ1) is 9.47. The Morgan fingerprint density at radius 3 is 2.80 bits per heavy atom. The van der Waals surface area contributed by atoms with Gasteiger partial charge >= 0.3 is 0 Å². The highest BCUT2D eigenvalue weighted by molar-refractivity contribution is 6.30. The summed E-state index contributed by atoms with van der Waals surface area (Å²) in [6.45, 7) is 2.26. The third kappa shape index (κ3) is 3.93. The number of carbonyl (C=O) groups is 2. The van der Waals surface area contributed by atoms with Crippen molar-refractivity contribution in [3.8, 4) is 0 Å². The lowest BCUT2D eigenvalue weighted by molar-refractivity contribution is -0.122. The molecule has 1 saturated carbocycles. The van der Waals surface area contributed by atoms with Crippen LogP contribution in [0.15, 0.2) is 18.2 Å². The molecule has 1 aromatic carbocycles. The smallest absolute Gasteiger partial charge is 0.226 e. The van der Waals surface area contributed by atoms with Crippen LogP contribution < -0.4 is 10.6 Å². The molecule has 0 aromatic heterocycles. The molecule has 20 heavy (non-hydrogen) atoms. The quantitative estimate of drug-likeness (QED) is 0.878. The first-order valence-electron chi connectivity index (χ1n) is 6.50. The zero-order chi connectivity index (χ0) is 14.7. The Bertz CT molecular complexity index is 536. The molecule has 2 N–H and O–H groups in total. The maximum Gasteiger partial charge on any atom is 0.226 e. The van der Waals surface area contributed by atoms with Crippen LogP contribution in [0.25, 0.3) is 0 Å². The summed E-state index contributed by atoms with van der Waals surface area (Å²) in [5.41, 5.74) is 0.0460. The van der Waals surface area contributed by atoms with Crippen molar-refractivity contribution in [3.63, 3.8) is 0 Å². The van der Waals surface area contributed by atoms with Gasteiger partial charge in [-0.3, -0.25) is 9.59 Å². The minimum atomic E-state index is -0.543. The number of rotatable bonds is 5. The van der Waals surface area contributed by atoms with Crippen molar-refractivity contribution < 1.29 is 14.0 Å². The van der Waals surface area contributed by atoms with E-state index in [-0.39, 0.29) is 36.4 Å². The van der Waals surface area contributed by atoms with Gasteiger partial charge in [-0.15, -0.1) is 0 Å². The molecule has 0 radical (unpaired) electrons. The van der Waals surface area contributed by atoms with E-state index < -0.39 is 5.82 Å². The average molecular weight is 299 g/mol. The van der Waals surface area contributed by atoms with Crippen LogP contribution in [-0.4, -0.2) is 18.4 Å². The van der Waals surface area contributed by atoms with E-state index >= 15 is 0 Å². The van der Waals surface area contributed by atoms with E-state index in [1.807, 2.05) is 6.92 Å². The minimum Gasteiger partial charge on any atom is -0.355 e. The molecule has 2 amide bonds. The molecule has 0 heterocycles. The molecular formula is C14H16ClFN2O2. The summed E-state index contributed by atoms with van der Waals surface area (Å²) in [5, 5.41) is 5.47. The SMILES string of the molecule is CC1CC1C(=O)NCCC(=O)Nc1cc(Cl)ccc1F. The zero-order valence-corrected chi connectivity index (χ0v) is 11.8. The molecule has 0 aliphatic heterocycles. The highest BCUT2D eigenvalue weighted by Gasteiger charge is 2.38. The van der Waals surface area contributed by atoms with Crippen molar-refractivity contribution >= 4 is 29.1 Å². The lowest BCUT2D eigenvalue weighted by atomic mass is 10.3. The number of benzene rings is 1. The first-order valence-corrected chi connectivity index (χ1v) is 6.88. The van der Waals surface area contributed by atoms with Crippen LogP contribution in [0.5, 0.6) is 0 Å². The van der Waals surface area contributed by atoms with Crippen molar-refractivity contribution in [1.82, 2.24) is 5.32 Å². The largest absolute Gasteiger partial charge is 0.355 e. The highest BCUT2D eigenvalue weighted by Crippen LogP contribution is 2.37. The van der Waals surface area contributed by atoms with Crippen molar-refractivity contribution in [2.45, 2.75) is 19.8 Å². The zero-order valence-electron chi connectivity index (χ0n) is 11.1. The fourth-order valence-electron chi connectivity index (χ4n) is 1.92. The second kappa shape index (κ2) is 6.22. The molecule has 1 aromatic rings. The second-order valence-electron chi connectivity index (χ2n) is 5.03. The Balaban J connectivity index is 1.75. The summed E-state index contributed by atoms with van der Waals surface area (Å²) in [6.07, 6.45) is 1.00. The maximum atomic E-state index is 13.4. The van der Waals surface area contributed by atoms with Gasteiger partial charge in [0, 0.05) is 23.9 Å². The lowest BCUT2D eigenvalue weighted by Gasteiger charge is -2.07. The van der Waals surface area contributed by atoms with Crippen LogP contribution in [-0.2, 0) is 9.59 Å². The lowest BCUT2D eigenvalue weighted by Crippen LogP contribution is -2.29. The molecule has 2 unspecified atom stereocenters. The van der Waals surface area contributed by atoms with Gasteiger partial charge in [0.15, 0.2) is 0 Å². The van der Waals surface area contributed by atoms with Crippen LogP contribution in [0.1, 0.15) is 19.8 Å². The first kappa shape index (κ1) is 14.8. The minimum absolute atomic E-state index is 0.0146. The van der Waals surface area contributed by atoms with Gasteiger partial charge in [0.2, 0.25) is 11.8 Å². The standard InChI is InChI=1S/C14H16ClFN2O2/c1-8-6-10(8)14(20)17-5-4-13(19)18-12-7-9(15)2-3-11(12)16/h2-3,7-8,10H,4-6H2,1H3,(H,17,20)(H,18,19). The number of halogens is 2. The van der Waals surface area contributed by atoms with Crippen LogP contribution >= 0.6 is 11.6 Å². The van der Waals surface area contributed by atoms with E-state index in [4.69, 9.17) is 11.6 Å². The van der Waals surface area contributed by atoms with Crippen LogP contribution in [0.2, 0.25) is 5.02 Å². The summed E-state index contributed by atoms with van der Waals surface area (Å²) in [5.74, 6) is -0.402. The van der Waals surface area contributed by atoms with Gasteiger partial charge in [-0.2, -0.15) is 0 Å². The van der Waals surface area contributed by atoms with Crippen LogP contribution in [0, 0.1) is 17.7 Å². The highest BCUT2D eigenvalue weighted by atomic mass is 35.5. The summed E-state index contributed by atoms with van der Waals surface area (Å²) < 4.78 is 13.4. The predicted molar refractivity (Wildman–Crippen MR) is 74.9 cm³/mol. The summed E-state index contributed by atoms with van der Waals surface area (Å²) in [6, 6.07) is 3.94. The Kier molecular flexibility index (Phi) is 4.60. The molecule has 108 valence electrons. The fourth-order valence-corrected chi connectivity index (χ4v) is 2.10. The molecule has 1 aliphatic carbocycles. The van der Waals surface area contributed by atoms with E-state index in [1.54, 1.807) is 0 Å². The molecule has 4 nitrogen and oxygen atoms in total. The molecule has 0 bridgehead atoms. The van der Waals surface area contributed by atoms with Crippen molar-refractivity contribution in [2.75, 3.05) is 11.9 Å². The van der Waals surface area contributed by atoms with Crippen molar-refractivity contribution in [2.24, 2.45) is 11.8 Å². The Morgan fingerprint density at radius 2 is 2.15 bits per heavy atom. The van der Waals surface area contributed by atoms with Crippen LogP contribution in [0.4, 0.5) is 10.1 Å². The third-order valence-electron chi connectivity index (χ3n) is 3.30. The van der Waals surface area contributed by atoms with Gasteiger partial charge < -0.3 is 10.6 Å². The molecular weight excluding hydrogens is 283 g/mol. The predicted octanol–water partition coefficient (Wildman–Crippen LogP) is 2.58. The molecule has 0 saturated heterocycles. The Hall–Kier alpha value is -1.62. The van der Waals surface area contributed by atoms with Gasteiger partial charge in [-0.25, -0.2) is 4.39 Å². The number of hydrogen-bond acceptors (Lipinski definition) is 2. The van der Waals surface area contributed by atoms with E-state index in [2.05, 4.69) is 10.6 Å². The molecule has 2 rings (SSSR count). The summed E-state index contributed by atoms with van der Waals surface area (Å²) in [4.78, 5) is 23.2. The van der Waals surface area contributed by atoms with Gasteiger partial charge in [0.25, 0.3) is 0 Å². The van der Waals surface area contributed by atoms with E-state index in [0.29, 0.717) is 10.9 Å². The monoisotopic (exact) mass is 298 g/mol. The van der Waals surface area contributed by atoms with Gasteiger partial charge in [-0.1, -0.05) is 18.5 Å². The molecule has 1 aliphatic rings. The third-order valence-corrected chi connectivity index (χ3v) is 3.54. The number of anilines is 1. The average Bonchev–Trinajstić information content (AvgIpc) is 3.11. The number of hydrogen-bond donors (Lipinski definition) is 2. The van der Waals surface area contributed by atoms with Gasteiger partial charge in [0.05, 0.1) is 5.69 Å². The van der Waals surface area contributed by atoms with Crippen LogP contribution in [0.3, 0.4) is 0 Å². The summed E-state index contributed by atoms with van der Waals surface area (Å²) >= 11 is 5.73. The van der Waals surface area contributed by atoms with Gasteiger partial charge in [-0.05, 0) is 30.5 Å².